The average molecular weight is 360 g/mol. The highest BCUT2D eigenvalue weighted by Crippen LogP contribution is 2.23. The number of carbonyl (C=O) groups is 1. The highest BCUT2D eigenvalue weighted by atomic mass is 32.2. The van der Waals surface area contributed by atoms with E-state index in [1.807, 2.05) is 6.92 Å². The predicted octanol–water partition coefficient (Wildman–Crippen LogP) is 2.75. The maximum atomic E-state index is 13.6. The summed E-state index contributed by atoms with van der Waals surface area (Å²) in [5.74, 6) is -2.17. The van der Waals surface area contributed by atoms with Gasteiger partial charge in [0, 0.05) is 25.1 Å². The fourth-order valence-electron chi connectivity index (χ4n) is 2.68. The fraction of sp³-hybridized carbons (Fsp3) is 0.562. The van der Waals surface area contributed by atoms with Crippen LogP contribution in [-0.4, -0.2) is 37.5 Å². The highest BCUT2D eigenvalue weighted by Gasteiger charge is 2.30. The third-order valence-corrected chi connectivity index (χ3v) is 6.12. The minimum Gasteiger partial charge on any atom is -0.323 e. The monoisotopic (exact) mass is 360 g/mol. The van der Waals surface area contributed by atoms with Crippen LogP contribution in [0.15, 0.2) is 18.2 Å². The summed E-state index contributed by atoms with van der Waals surface area (Å²) in [4.78, 5) is 12.2. The molecule has 0 aromatic heterocycles. The molecule has 0 bridgehead atoms. The lowest BCUT2D eigenvalue weighted by atomic mass is 9.97. The molecule has 0 aliphatic carbocycles. The van der Waals surface area contributed by atoms with Crippen LogP contribution >= 0.6 is 0 Å². The number of rotatable bonds is 6. The van der Waals surface area contributed by atoms with Crippen LogP contribution in [0.4, 0.5) is 14.5 Å². The molecule has 1 aliphatic rings. The number of hydrogen-bond donors (Lipinski definition) is 1. The van der Waals surface area contributed by atoms with Gasteiger partial charge in [0.2, 0.25) is 15.9 Å². The number of halogens is 2. The second kappa shape index (κ2) is 8.02. The molecule has 1 amide bonds. The summed E-state index contributed by atoms with van der Waals surface area (Å²) in [6.07, 6.45) is 2.20. The van der Waals surface area contributed by atoms with E-state index in [0.29, 0.717) is 25.3 Å². The van der Waals surface area contributed by atoms with Crippen molar-refractivity contribution in [3.63, 3.8) is 0 Å². The lowest BCUT2D eigenvalue weighted by Gasteiger charge is -2.30. The molecule has 1 aromatic carbocycles. The van der Waals surface area contributed by atoms with Crippen LogP contribution in [0.5, 0.6) is 0 Å². The van der Waals surface area contributed by atoms with Crippen molar-refractivity contribution in [2.75, 3.05) is 24.2 Å². The maximum absolute atomic E-state index is 13.6. The first kappa shape index (κ1) is 18.8. The van der Waals surface area contributed by atoms with E-state index in [1.165, 1.54) is 10.4 Å². The third-order valence-electron chi connectivity index (χ3n) is 4.16. The minimum atomic E-state index is -3.27. The summed E-state index contributed by atoms with van der Waals surface area (Å²) in [5.41, 5.74) is -0.0700. The number of piperidine rings is 1. The summed E-state index contributed by atoms with van der Waals surface area (Å²) in [6.45, 7) is 2.51. The Balaban J connectivity index is 1.91. The Labute approximate surface area is 141 Å². The minimum absolute atomic E-state index is 0.0700. The van der Waals surface area contributed by atoms with Gasteiger partial charge in [-0.25, -0.2) is 21.5 Å². The number of carbonyl (C=O) groups excluding carboxylic acids is 1. The van der Waals surface area contributed by atoms with Crippen LogP contribution in [0.3, 0.4) is 0 Å². The SMILES string of the molecule is CCCCS(=O)(=O)N1CCC(C(=O)Nc2ccc(F)cc2F)CC1. The van der Waals surface area contributed by atoms with Crippen molar-refractivity contribution in [1.82, 2.24) is 4.31 Å². The molecule has 1 N–H and O–H groups in total. The largest absolute Gasteiger partial charge is 0.323 e. The van der Waals surface area contributed by atoms with Crippen molar-refractivity contribution in [2.45, 2.75) is 32.6 Å². The van der Waals surface area contributed by atoms with Gasteiger partial charge in [-0.1, -0.05) is 13.3 Å². The molecule has 1 heterocycles. The molecular weight excluding hydrogens is 338 g/mol. The number of nitrogens with one attached hydrogen (secondary N) is 1. The van der Waals surface area contributed by atoms with Crippen LogP contribution < -0.4 is 5.32 Å². The van der Waals surface area contributed by atoms with Gasteiger partial charge >= 0.3 is 0 Å². The Kier molecular flexibility index (Phi) is 6.28. The molecule has 0 spiro atoms. The van der Waals surface area contributed by atoms with E-state index < -0.39 is 21.7 Å². The predicted molar refractivity (Wildman–Crippen MR) is 88.0 cm³/mol. The number of benzene rings is 1. The number of unbranched alkanes of at least 4 members (excludes halogenated alkanes) is 1. The molecule has 2 rings (SSSR count). The van der Waals surface area contributed by atoms with Crippen molar-refractivity contribution >= 4 is 21.6 Å². The molecule has 5 nitrogen and oxygen atoms in total. The smallest absolute Gasteiger partial charge is 0.227 e. The van der Waals surface area contributed by atoms with E-state index >= 15 is 0 Å². The molecular formula is C16H22F2N2O3S. The van der Waals surface area contributed by atoms with Crippen molar-refractivity contribution in [3.8, 4) is 0 Å². The fourth-order valence-corrected chi connectivity index (χ4v) is 4.36. The van der Waals surface area contributed by atoms with Crippen LogP contribution in [0.2, 0.25) is 0 Å². The van der Waals surface area contributed by atoms with Crippen molar-refractivity contribution in [2.24, 2.45) is 5.92 Å². The summed E-state index contributed by atoms with van der Waals surface area (Å²) in [6, 6.07) is 2.95. The van der Waals surface area contributed by atoms with Gasteiger partial charge in [0.05, 0.1) is 11.4 Å². The first-order chi connectivity index (χ1) is 11.3. The lowest BCUT2D eigenvalue weighted by Crippen LogP contribution is -2.42. The van der Waals surface area contributed by atoms with Gasteiger partial charge in [-0.15, -0.1) is 0 Å². The molecule has 0 atom stereocenters. The molecule has 1 fully saturated rings. The molecule has 24 heavy (non-hydrogen) atoms. The van der Waals surface area contributed by atoms with Crippen LogP contribution in [-0.2, 0) is 14.8 Å². The molecule has 1 aliphatic heterocycles. The molecule has 0 saturated carbocycles. The van der Waals surface area contributed by atoms with E-state index in [4.69, 9.17) is 0 Å². The molecule has 1 saturated heterocycles. The van der Waals surface area contributed by atoms with Gasteiger partial charge in [0.15, 0.2) is 0 Å². The van der Waals surface area contributed by atoms with Gasteiger partial charge in [-0.3, -0.25) is 4.79 Å². The van der Waals surface area contributed by atoms with Gasteiger partial charge in [-0.2, -0.15) is 0 Å². The number of nitrogens with zero attached hydrogens (tertiary/aromatic N) is 1. The molecule has 134 valence electrons. The Morgan fingerprint density at radius 1 is 1.29 bits per heavy atom. The Hall–Kier alpha value is -1.54. The standard InChI is InChI=1S/C16H22F2N2O3S/c1-2-3-10-24(22,23)20-8-6-12(7-9-20)16(21)19-15-5-4-13(17)11-14(15)18/h4-5,11-12H,2-3,6-10H2,1H3,(H,19,21). The number of hydrogen-bond acceptors (Lipinski definition) is 3. The van der Waals surface area contributed by atoms with Crippen LogP contribution in [0.25, 0.3) is 0 Å². The topological polar surface area (TPSA) is 66.5 Å². The third kappa shape index (κ3) is 4.73. The Bertz CT molecular complexity index is 687. The molecule has 0 radical (unpaired) electrons. The van der Waals surface area contributed by atoms with E-state index in [9.17, 15) is 22.0 Å². The van der Waals surface area contributed by atoms with Crippen LogP contribution in [0.1, 0.15) is 32.6 Å². The first-order valence-electron chi connectivity index (χ1n) is 8.07. The van der Waals surface area contributed by atoms with Gasteiger partial charge in [-0.05, 0) is 31.4 Å². The van der Waals surface area contributed by atoms with Gasteiger partial charge < -0.3 is 5.32 Å². The second-order valence-corrected chi connectivity index (χ2v) is 8.04. The zero-order valence-corrected chi connectivity index (χ0v) is 14.4. The van der Waals surface area contributed by atoms with E-state index in [1.54, 1.807) is 0 Å². The Morgan fingerprint density at radius 3 is 2.54 bits per heavy atom. The van der Waals surface area contributed by atoms with Gasteiger partial charge in [0.1, 0.15) is 11.6 Å². The Morgan fingerprint density at radius 2 is 1.96 bits per heavy atom. The first-order valence-corrected chi connectivity index (χ1v) is 9.68. The lowest BCUT2D eigenvalue weighted by molar-refractivity contribution is -0.120. The van der Waals surface area contributed by atoms with Crippen molar-refractivity contribution < 1.29 is 22.0 Å². The van der Waals surface area contributed by atoms with Crippen molar-refractivity contribution in [1.29, 1.82) is 0 Å². The maximum Gasteiger partial charge on any atom is 0.227 e. The number of anilines is 1. The summed E-state index contributed by atoms with van der Waals surface area (Å²) in [5, 5.41) is 2.45. The highest BCUT2D eigenvalue weighted by molar-refractivity contribution is 7.89. The number of amides is 1. The summed E-state index contributed by atoms with van der Waals surface area (Å²) in [7, 11) is -3.27. The quantitative estimate of drug-likeness (QED) is 0.848. The summed E-state index contributed by atoms with van der Waals surface area (Å²) >= 11 is 0. The zero-order valence-electron chi connectivity index (χ0n) is 13.6. The zero-order chi connectivity index (χ0) is 17.7. The van der Waals surface area contributed by atoms with E-state index in [2.05, 4.69) is 5.32 Å². The second-order valence-electron chi connectivity index (χ2n) is 5.96. The molecule has 1 aromatic rings. The normalized spacial score (nSPS) is 17.0. The summed E-state index contributed by atoms with van der Waals surface area (Å²) < 4.78 is 52.1. The number of sulfonamides is 1. The molecule has 0 unspecified atom stereocenters. The van der Waals surface area contributed by atoms with Crippen LogP contribution in [0, 0.1) is 17.6 Å². The van der Waals surface area contributed by atoms with Crippen molar-refractivity contribution in [3.05, 3.63) is 29.8 Å². The van der Waals surface area contributed by atoms with Gasteiger partial charge in [0.25, 0.3) is 0 Å². The van der Waals surface area contributed by atoms with E-state index in [0.717, 1.165) is 12.5 Å². The average Bonchev–Trinajstić information content (AvgIpc) is 2.55. The van der Waals surface area contributed by atoms with E-state index in [-0.39, 0.29) is 36.4 Å². The molecule has 8 heteroatoms.